The van der Waals surface area contributed by atoms with Gasteiger partial charge in [0.15, 0.2) is 0 Å². The number of carbonyl (C=O) groups excluding carboxylic acids is 2. The average molecular weight is 234 g/mol. The first kappa shape index (κ1) is 14.4. The minimum absolute atomic E-state index is 0. The summed E-state index contributed by atoms with van der Waals surface area (Å²) < 4.78 is 35.6. The van der Waals surface area contributed by atoms with E-state index in [1.807, 2.05) is 0 Å². The van der Waals surface area contributed by atoms with Crippen LogP contribution >= 0.6 is 0 Å². The van der Waals surface area contributed by atoms with Gasteiger partial charge in [-0.25, -0.2) is 4.79 Å². The van der Waals surface area contributed by atoms with E-state index in [-0.39, 0.29) is 62.8 Å². The smallest absolute Gasteiger partial charge is 0.448 e. The maximum Gasteiger partial charge on any atom is 1.00 e. The zero-order valence-corrected chi connectivity index (χ0v) is 11.0. The monoisotopic (exact) mass is 234 g/mol. The van der Waals surface area contributed by atoms with Gasteiger partial charge < -0.3 is 17.8 Å². The molecule has 1 fully saturated rings. The van der Waals surface area contributed by atoms with E-state index in [0.29, 0.717) is 0 Å². The van der Waals surface area contributed by atoms with Gasteiger partial charge in [0, 0.05) is 13.5 Å². The van der Waals surface area contributed by atoms with E-state index in [2.05, 4.69) is 0 Å². The van der Waals surface area contributed by atoms with Crippen molar-refractivity contribution in [2.45, 2.75) is 0 Å². The minimum Gasteiger partial charge on any atom is -0.448 e. The van der Waals surface area contributed by atoms with E-state index in [4.69, 9.17) is 0 Å². The van der Waals surface area contributed by atoms with Crippen molar-refractivity contribution in [1.82, 2.24) is 9.80 Å². The van der Waals surface area contributed by atoms with Gasteiger partial charge in [0.25, 0.3) is 0 Å². The second-order valence-electron chi connectivity index (χ2n) is 2.85. The number of halogens is 3. The summed E-state index contributed by atoms with van der Waals surface area (Å²) in [6, 6.07) is -0.885. The molecular weight excluding hydrogens is 227 g/mol. The van der Waals surface area contributed by atoms with Crippen molar-refractivity contribution < 1.29 is 73.9 Å². The largest absolute Gasteiger partial charge is 1.00 e. The summed E-state index contributed by atoms with van der Waals surface area (Å²) in [6.45, 7) is -5.41. The molecule has 0 aromatic heterocycles. The number of hydrogen-bond donors (Lipinski definition) is 0. The van der Waals surface area contributed by atoms with Crippen LogP contribution in [0.25, 0.3) is 0 Å². The first-order chi connectivity index (χ1) is 5.81. The third-order valence-corrected chi connectivity index (χ3v) is 1.62. The fourth-order valence-corrected chi connectivity index (χ4v) is 1.06. The Morgan fingerprint density at radius 2 is 1.86 bits per heavy atom. The number of nitrogens with zero attached hydrogens (tertiary/aromatic N) is 2. The molecule has 0 spiro atoms. The summed E-state index contributed by atoms with van der Waals surface area (Å²) in [4.78, 5) is 23.0. The fraction of sp³-hybridized carbons (Fsp3) is 0.600. The first-order valence-corrected chi connectivity index (χ1v) is 3.58. The third-order valence-electron chi connectivity index (χ3n) is 1.62. The van der Waals surface area contributed by atoms with Crippen molar-refractivity contribution in [1.29, 1.82) is 0 Å². The third kappa shape index (κ3) is 3.54. The summed E-state index contributed by atoms with van der Waals surface area (Å²) in [7, 11) is 1.28. The van der Waals surface area contributed by atoms with Crippen molar-refractivity contribution in [3.05, 3.63) is 0 Å². The Balaban J connectivity index is 0.00000169. The molecule has 1 heterocycles. The fourth-order valence-electron chi connectivity index (χ4n) is 1.06. The van der Waals surface area contributed by atoms with Gasteiger partial charge in [0.2, 0.25) is 5.91 Å². The van der Waals surface area contributed by atoms with Crippen molar-refractivity contribution in [2.75, 3.05) is 20.0 Å². The molecule has 0 N–H and O–H groups in total. The molecule has 1 aliphatic heterocycles. The van der Waals surface area contributed by atoms with E-state index >= 15 is 0 Å². The number of urea groups is 1. The van der Waals surface area contributed by atoms with Crippen LogP contribution in [0.1, 0.15) is 0 Å². The maximum atomic E-state index is 11.9. The summed E-state index contributed by atoms with van der Waals surface area (Å²) in [5, 5.41) is 0. The molecular formula is C5H7BF3KN2O2. The zero-order chi connectivity index (χ0) is 10.2. The van der Waals surface area contributed by atoms with Gasteiger partial charge >= 0.3 is 64.4 Å². The average Bonchev–Trinajstić information content (AvgIpc) is 2.14. The Bertz CT molecular complexity index is 260. The number of hydrogen-bond acceptors (Lipinski definition) is 2. The molecule has 0 radical (unpaired) electrons. The number of carbonyl (C=O) groups is 2. The van der Waals surface area contributed by atoms with Gasteiger partial charge in [-0.1, -0.05) is 0 Å². The standard InChI is InChI=1S/C5H7BF3N2O2.K/c1-10-2-4(12)11(5(10)13)3-6(7,8)9;/h2-3H2,1H3;/q-1;+1. The molecule has 0 aliphatic carbocycles. The van der Waals surface area contributed by atoms with Crippen molar-refractivity contribution >= 4 is 18.9 Å². The Hall–Kier alpha value is 0.431. The van der Waals surface area contributed by atoms with Crippen LogP contribution in [0, 0.1) is 0 Å². The van der Waals surface area contributed by atoms with E-state index in [0.717, 1.165) is 4.90 Å². The predicted octanol–water partition coefficient (Wildman–Crippen LogP) is -2.73. The molecule has 0 unspecified atom stereocenters. The van der Waals surface area contributed by atoms with Crippen LogP contribution in [0.4, 0.5) is 17.7 Å². The number of likely N-dealkylation sites (N-methyl/N-ethyl adjacent to an activating group) is 1. The molecule has 0 bridgehead atoms. The Morgan fingerprint density at radius 3 is 2.14 bits per heavy atom. The summed E-state index contributed by atoms with van der Waals surface area (Å²) in [5.41, 5.74) is 0. The predicted molar refractivity (Wildman–Crippen MR) is 38.8 cm³/mol. The van der Waals surface area contributed by atoms with E-state index in [9.17, 15) is 22.5 Å². The summed E-state index contributed by atoms with van der Waals surface area (Å²) in [5.74, 6) is -0.799. The van der Waals surface area contributed by atoms with Crippen LogP contribution in [0.15, 0.2) is 0 Å². The van der Waals surface area contributed by atoms with Crippen LogP contribution in [0.3, 0.4) is 0 Å². The van der Waals surface area contributed by atoms with Crippen LogP contribution in [-0.4, -0.2) is 48.8 Å². The summed E-state index contributed by atoms with van der Waals surface area (Å²) in [6.07, 6.45) is -1.44. The van der Waals surface area contributed by atoms with E-state index in [1.165, 1.54) is 7.05 Å². The second-order valence-corrected chi connectivity index (χ2v) is 2.85. The molecule has 0 saturated carbocycles. The number of rotatable bonds is 2. The van der Waals surface area contributed by atoms with Crippen molar-refractivity contribution in [2.24, 2.45) is 0 Å². The Morgan fingerprint density at radius 1 is 1.36 bits per heavy atom. The quantitative estimate of drug-likeness (QED) is 0.384. The van der Waals surface area contributed by atoms with Gasteiger partial charge in [0.05, 0.1) is 0 Å². The summed E-state index contributed by atoms with van der Waals surface area (Å²) >= 11 is 0. The van der Waals surface area contributed by atoms with Crippen LogP contribution in [0.5, 0.6) is 0 Å². The number of imide groups is 1. The van der Waals surface area contributed by atoms with Gasteiger partial charge in [-0.3, -0.25) is 9.69 Å². The molecule has 0 aromatic rings. The molecule has 14 heavy (non-hydrogen) atoms. The Kier molecular flexibility index (Phi) is 5.13. The molecule has 74 valence electrons. The van der Waals surface area contributed by atoms with Gasteiger partial charge in [0.1, 0.15) is 6.54 Å². The van der Waals surface area contributed by atoms with E-state index in [1.54, 1.807) is 0 Å². The van der Waals surface area contributed by atoms with Crippen molar-refractivity contribution in [3.63, 3.8) is 0 Å². The maximum absolute atomic E-state index is 11.9. The molecule has 1 saturated heterocycles. The molecule has 1 aliphatic rings. The topological polar surface area (TPSA) is 40.6 Å². The van der Waals surface area contributed by atoms with Gasteiger partial charge in [-0.15, -0.1) is 0 Å². The Labute approximate surface area is 121 Å². The van der Waals surface area contributed by atoms with Gasteiger partial charge in [-0.2, -0.15) is 0 Å². The molecule has 9 heteroatoms. The zero-order valence-electron chi connectivity index (χ0n) is 7.84. The molecule has 0 atom stereocenters. The minimum atomic E-state index is -5.14. The normalized spacial score (nSPS) is 17.4. The van der Waals surface area contributed by atoms with Crippen LogP contribution < -0.4 is 51.4 Å². The van der Waals surface area contributed by atoms with Crippen LogP contribution in [0.2, 0.25) is 0 Å². The van der Waals surface area contributed by atoms with E-state index < -0.39 is 25.4 Å². The van der Waals surface area contributed by atoms with Crippen molar-refractivity contribution in [3.8, 4) is 0 Å². The first-order valence-electron chi connectivity index (χ1n) is 3.58. The second kappa shape index (κ2) is 4.97. The molecule has 3 amide bonds. The molecule has 4 nitrogen and oxygen atoms in total. The molecule has 0 aromatic carbocycles. The van der Waals surface area contributed by atoms with Crippen LogP contribution in [-0.2, 0) is 4.79 Å². The van der Waals surface area contributed by atoms with Gasteiger partial charge in [-0.05, 0) is 0 Å². The number of amides is 3. The molecule has 1 rings (SSSR count). The SMILES string of the molecule is CN1CC(=O)N(C[B-](F)(F)F)C1=O.[K+].